The summed E-state index contributed by atoms with van der Waals surface area (Å²) in [6.45, 7) is 3.18. The number of benzene rings is 2. The second kappa shape index (κ2) is 7.47. The van der Waals surface area contributed by atoms with Gasteiger partial charge < -0.3 is 10.6 Å². The first kappa shape index (κ1) is 19.4. The number of carbonyl (C=O) groups excluding carboxylic acids is 3. The second-order valence-corrected chi connectivity index (χ2v) is 7.39. The number of aryl methyl sites for hydroxylation is 1. The van der Waals surface area contributed by atoms with Crippen LogP contribution in [-0.2, 0) is 15.1 Å². The number of hydrogen-bond acceptors (Lipinski definition) is 4. The lowest BCUT2D eigenvalue weighted by molar-refractivity contribution is -0.133. The fraction of sp³-hybridized carbons (Fsp3) is 0.182. The van der Waals surface area contributed by atoms with Gasteiger partial charge in [0.25, 0.3) is 5.91 Å². The Labute approximate surface area is 173 Å². The molecule has 1 atom stereocenters. The highest BCUT2D eigenvalue weighted by Crippen LogP contribution is 2.29. The van der Waals surface area contributed by atoms with Gasteiger partial charge >= 0.3 is 6.03 Å². The van der Waals surface area contributed by atoms with E-state index >= 15 is 0 Å². The maximum Gasteiger partial charge on any atom is 0.325 e. The Morgan fingerprint density at radius 2 is 1.80 bits per heavy atom. The van der Waals surface area contributed by atoms with Gasteiger partial charge in [-0.3, -0.25) is 19.6 Å². The zero-order valence-corrected chi connectivity index (χ0v) is 16.6. The number of urea groups is 1. The number of nitrogens with one attached hydrogen (secondary N) is 3. The molecule has 4 amide bonds. The molecule has 2 heterocycles. The van der Waals surface area contributed by atoms with Crippen molar-refractivity contribution in [3.8, 4) is 11.3 Å². The molecule has 0 unspecified atom stereocenters. The summed E-state index contributed by atoms with van der Waals surface area (Å²) in [7, 11) is 0. The van der Waals surface area contributed by atoms with Crippen molar-refractivity contribution >= 4 is 23.5 Å². The minimum Gasteiger partial charge on any atom is -0.321 e. The van der Waals surface area contributed by atoms with Crippen molar-refractivity contribution in [1.29, 1.82) is 0 Å². The van der Waals surface area contributed by atoms with E-state index in [-0.39, 0.29) is 0 Å². The molecular weight excluding hydrogens is 382 g/mol. The van der Waals surface area contributed by atoms with Crippen LogP contribution in [0.4, 0.5) is 10.5 Å². The zero-order valence-electron chi connectivity index (χ0n) is 16.6. The number of amides is 4. The van der Waals surface area contributed by atoms with Crippen molar-refractivity contribution in [3.63, 3.8) is 0 Å². The van der Waals surface area contributed by atoms with E-state index in [2.05, 4.69) is 20.8 Å². The molecule has 8 nitrogen and oxygen atoms in total. The standard InChI is InChI=1S/C22H21N5O3/c1-14-8-10-16(11-9-14)22(2)20(29)27(21(30)25-22)13-18(28)24-17-12-23-26-19(17)15-6-4-3-5-7-15/h3-12H,13H2,1-2H3,(H,23,26)(H,24,28)(H,25,30)/t22-/m0/s1. The number of aromatic nitrogens is 2. The van der Waals surface area contributed by atoms with Gasteiger partial charge in [-0.1, -0.05) is 60.2 Å². The van der Waals surface area contributed by atoms with Gasteiger partial charge in [-0.15, -0.1) is 0 Å². The number of H-pyrrole nitrogens is 1. The third-order valence-corrected chi connectivity index (χ3v) is 5.18. The van der Waals surface area contributed by atoms with E-state index in [4.69, 9.17) is 0 Å². The summed E-state index contributed by atoms with van der Waals surface area (Å²) in [5.74, 6) is -0.966. The van der Waals surface area contributed by atoms with Crippen LogP contribution < -0.4 is 10.6 Å². The van der Waals surface area contributed by atoms with E-state index in [1.165, 1.54) is 6.20 Å². The minimum atomic E-state index is -1.21. The van der Waals surface area contributed by atoms with E-state index in [9.17, 15) is 14.4 Å². The molecule has 1 aliphatic heterocycles. The molecule has 0 spiro atoms. The van der Waals surface area contributed by atoms with Crippen molar-refractivity contribution in [3.05, 3.63) is 71.9 Å². The Hall–Kier alpha value is -3.94. The highest BCUT2D eigenvalue weighted by atomic mass is 16.2. The number of carbonyl (C=O) groups is 3. The van der Waals surface area contributed by atoms with Gasteiger partial charge in [-0.05, 0) is 19.4 Å². The van der Waals surface area contributed by atoms with Crippen molar-refractivity contribution in [1.82, 2.24) is 20.4 Å². The highest BCUT2D eigenvalue weighted by Gasteiger charge is 2.49. The van der Waals surface area contributed by atoms with Gasteiger partial charge in [0.1, 0.15) is 12.1 Å². The molecule has 1 fully saturated rings. The first-order valence-electron chi connectivity index (χ1n) is 9.48. The molecule has 1 aromatic heterocycles. The smallest absolute Gasteiger partial charge is 0.321 e. The van der Waals surface area contributed by atoms with E-state index in [0.29, 0.717) is 16.9 Å². The Morgan fingerprint density at radius 3 is 2.50 bits per heavy atom. The summed E-state index contributed by atoms with van der Waals surface area (Å²) >= 11 is 0. The molecule has 30 heavy (non-hydrogen) atoms. The number of hydrogen-bond donors (Lipinski definition) is 3. The third-order valence-electron chi connectivity index (χ3n) is 5.18. The first-order chi connectivity index (χ1) is 14.4. The van der Waals surface area contributed by atoms with Gasteiger partial charge in [0.05, 0.1) is 17.6 Å². The molecule has 4 rings (SSSR count). The lowest BCUT2D eigenvalue weighted by Gasteiger charge is -2.22. The highest BCUT2D eigenvalue weighted by molar-refractivity contribution is 6.10. The van der Waals surface area contributed by atoms with E-state index in [0.717, 1.165) is 16.0 Å². The molecule has 0 bridgehead atoms. The third kappa shape index (κ3) is 3.43. The predicted octanol–water partition coefficient (Wildman–Crippen LogP) is 2.79. The monoisotopic (exact) mass is 403 g/mol. The van der Waals surface area contributed by atoms with Crippen LogP contribution in [0.15, 0.2) is 60.8 Å². The van der Waals surface area contributed by atoms with Crippen LogP contribution in [0.1, 0.15) is 18.1 Å². The van der Waals surface area contributed by atoms with Crippen molar-refractivity contribution in [2.75, 3.05) is 11.9 Å². The van der Waals surface area contributed by atoms with Crippen LogP contribution in [0.5, 0.6) is 0 Å². The van der Waals surface area contributed by atoms with Crippen LogP contribution in [0, 0.1) is 6.92 Å². The maximum absolute atomic E-state index is 13.0. The van der Waals surface area contributed by atoms with Crippen molar-refractivity contribution < 1.29 is 14.4 Å². The zero-order chi connectivity index (χ0) is 21.3. The molecule has 3 aromatic rings. The number of imide groups is 1. The summed E-state index contributed by atoms with van der Waals surface area (Å²) in [4.78, 5) is 39.0. The van der Waals surface area contributed by atoms with Gasteiger partial charge in [-0.2, -0.15) is 5.10 Å². The molecule has 0 saturated carbocycles. The Kier molecular flexibility index (Phi) is 4.83. The van der Waals surface area contributed by atoms with E-state index in [1.807, 2.05) is 49.4 Å². The van der Waals surface area contributed by atoms with Gasteiger partial charge in [0.2, 0.25) is 5.91 Å². The van der Waals surface area contributed by atoms with Gasteiger partial charge in [0.15, 0.2) is 0 Å². The van der Waals surface area contributed by atoms with Crippen LogP contribution in [-0.4, -0.2) is 39.5 Å². The largest absolute Gasteiger partial charge is 0.325 e. The minimum absolute atomic E-state index is 0.397. The number of anilines is 1. The van der Waals surface area contributed by atoms with E-state index in [1.54, 1.807) is 19.1 Å². The van der Waals surface area contributed by atoms with Gasteiger partial charge in [-0.25, -0.2) is 4.79 Å². The summed E-state index contributed by atoms with van der Waals surface area (Å²) < 4.78 is 0. The molecule has 0 aliphatic carbocycles. The SMILES string of the molecule is Cc1ccc([C@]2(C)NC(=O)N(CC(=O)Nc3cn[nH]c3-c3ccccc3)C2=O)cc1. The second-order valence-electron chi connectivity index (χ2n) is 7.39. The average molecular weight is 403 g/mol. The summed E-state index contributed by atoms with van der Waals surface area (Å²) in [5.41, 5.74) is 2.47. The topological polar surface area (TPSA) is 107 Å². The summed E-state index contributed by atoms with van der Waals surface area (Å²) in [6, 6.07) is 16.2. The molecule has 8 heteroatoms. The van der Waals surface area contributed by atoms with Gasteiger partial charge in [0, 0.05) is 5.56 Å². The fourth-order valence-electron chi connectivity index (χ4n) is 3.46. The summed E-state index contributed by atoms with van der Waals surface area (Å²) in [6.07, 6.45) is 1.49. The van der Waals surface area contributed by atoms with Crippen LogP contribution >= 0.6 is 0 Å². The Balaban J connectivity index is 1.49. The van der Waals surface area contributed by atoms with Crippen LogP contribution in [0.25, 0.3) is 11.3 Å². The molecule has 1 aliphatic rings. The van der Waals surface area contributed by atoms with Crippen molar-refractivity contribution in [2.45, 2.75) is 19.4 Å². The normalized spacial score (nSPS) is 18.4. The van der Waals surface area contributed by atoms with Crippen LogP contribution in [0.3, 0.4) is 0 Å². The lowest BCUT2D eigenvalue weighted by atomic mass is 9.91. The molecule has 3 N–H and O–H groups in total. The average Bonchev–Trinajstić information content (AvgIpc) is 3.28. The van der Waals surface area contributed by atoms with E-state index < -0.39 is 29.9 Å². The molecular formula is C22H21N5O3. The number of nitrogens with zero attached hydrogens (tertiary/aromatic N) is 2. The predicted molar refractivity (Wildman–Crippen MR) is 111 cm³/mol. The maximum atomic E-state index is 13.0. The Bertz CT molecular complexity index is 1110. The quantitative estimate of drug-likeness (QED) is 0.570. The molecule has 1 saturated heterocycles. The molecule has 0 radical (unpaired) electrons. The summed E-state index contributed by atoms with van der Waals surface area (Å²) in [5, 5.41) is 12.3. The molecule has 152 valence electrons. The first-order valence-corrected chi connectivity index (χ1v) is 9.48. The number of rotatable bonds is 5. The molecule has 2 aromatic carbocycles. The lowest BCUT2D eigenvalue weighted by Crippen LogP contribution is -2.42. The number of aromatic amines is 1. The van der Waals surface area contributed by atoms with Crippen molar-refractivity contribution in [2.24, 2.45) is 0 Å². The van der Waals surface area contributed by atoms with Crippen LogP contribution in [0.2, 0.25) is 0 Å². The Morgan fingerprint density at radius 1 is 1.10 bits per heavy atom. The fourth-order valence-corrected chi connectivity index (χ4v) is 3.46.